The van der Waals surface area contributed by atoms with E-state index in [4.69, 9.17) is 16.2 Å². The lowest BCUT2D eigenvalue weighted by Gasteiger charge is -2.39. The van der Waals surface area contributed by atoms with Crippen molar-refractivity contribution < 1.29 is 4.74 Å². The summed E-state index contributed by atoms with van der Waals surface area (Å²) in [6.07, 6.45) is 6.46. The van der Waals surface area contributed by atoms with Crippen LogP contribution in [-0.2, 0) is 4.74 Å². The summed E-state index contributed by atoms with van der Waals surface area (Å²) in [6.45, 7) is 3.84. The van der Waals surface area contributed by atoms with E-state index in [1.807, 2.05) is 6.33 Å². The molecule has 2 aromatic heterocycles. The Morgan fingerprint density at radius 2 is 1.70 bits per heavy atom. The van der Waals surface area contributed by atoms with E-state index in [9.17, 15) is 0 Å². The van der Waals surface area contributed by atoms with Crippen LogP contribution < -0.4 is 11.5 Å². The molecule has 8 nitrogen and oxygen atoms in total. The number of nitrogen functional groups attached to an aromatic ring is 2. The summed E-state index contributed by atoms with van der Waals surface area (Å²) in [7, 11) is 0. The van der Waals surface area contributed by atoms with Crippen LogP contribution in [0.5, 0.6) is 0 Å². The number of rotatable bonds is 2. The average Bonchev–Trinajstić information content (AvgIpc) is 3.00. The Morgan fingerprint density at radius 1 is 1.00 bits per heavy atom. The predicted octanol–water partition coefficient (Wildman–Crippen LogP) is 0.807. The van der Waals surface area contributed by atoms with E-state index in [1.165, 1.54) is 12.8 Å². The van der Waals surface area contributed by atoms with Crippen molar-refractivity contribution in [3.8, 4) is 0 Å². The van der Waals surface area contributed by atoms with Gasteiger partial charge in [-0.1, -0.05) is 0 Å². The van der Waals surface area contributed by atoms with E-state index in [0.29, 0.717) is 23.4 Å². The van der Waals surface area contributed by atoms with Gasteiger partial charge in [0.15, 0.2) is 11.5 Å². The molecule has 1 saturated carbocycles. The standard InChI is InChI=1S/C15H23N7O/c16-13-12-14(20-15(17)19-13)22(9-18-12)11-3-1-10(2-4-11)21-5-7-23-8-6-21/h9-11H,1-8H2,(H4,16,17,19,20). The highest BCUT2D eigenvalue weighted by molar-refractivity contribution is 5.82. The van der Waals surface area contributed by atoms with Gasteiger partial charge in [-0.05, 0) is 25.7 Å². The van der Waals surface area contributed by atoms with Crippen molar-refractivity contribution in [2.24, 2.45) is 0 Å². The number of imidazole rings is 1. The summed E-state index contributed by atoms with van der Waals surface area (Å²) < 4.78 is 7.57. The molecule has 0 aromatic carbocycles. The van der Waals surface area contributed by atoms with Crippen LogP contribution in [0.4, 0.5) is 11.8 Å². The Morgan fingerprint density at radius 3 is 2.43 bits per heavy atom. The first-order chi connectivity index (χ1) is 11.2. The zero-order chi connectivity index (χ0) is 15.8. The molecular formula is C15H23N7O. The van der Waals surface area contributed by atoms with Crippen LogP contribution in [0, 0.1) is 0 Å². The summed E-state index contributed by atoms with van der Waals surface area (Å²) in [5.41, 5.74) is 13.0. The SMILES string of the molecule is Nc1nc(N)c2ncn(C3CCC(N4CCOCC4)CC3)c2n1. The molecule has 0 amide bonds. The number of nitrogens with zero attached hydrogens (tertiary/aromatic N) is 5. The van der Waals surface area contributed by atoms with Gasteiger partial charge in [-0.25, -0.2) is 4.98 Å². The molecule has 4 rings (SSSR count). The summed E-state index contributed by atoms with van der Waals surface area (Å²) in [4.78, 5) is 15.3. The lowest BCUT2D eigenvalue weighted by molar-refractivity contribution is 0.00556. The van der Waals surface area contributed by atoms with E-state index >= 15 is 0 Å². The van der Waals surface area contributed by atoms with Crippen molar-refractivity contribution in [3.05, 3.63) is 6.33 Å². The monoisotopic (exact) mass is 317 g/mol. The number of ether oxygens (including phenoxy) is 1. The normalized spacial score (nSPS) is 26.6. The topological polar surface area (TPSA) is 108 Å². The van der Waals surface area contributed by atoms with Gasteiger partial charge in [-0.2, -0.15) is 9.97 Å². The van der Waals surface area contributed by atoms with Crippen molar-refractivity contribution in [1.29, 1.82) is 0 Å². The van der Waals surface area contributed by atoms with Gasteiger partial charge in [0.25, 0.3) is 0 Å². The maximum absolute atomic E-state index is 5.89. The molecule has 2 aliphatic rings. The fraction of sp³-hybridized carbons (Fsp3) is 0.667. The Hall–Kier alpha value is -1.93. The molecule has 1 saturated heterocycles. The summed E-state index contributed by atoms with van der Waals surface area (Å²) in [5, 5.41) is 0. The molecule has 1 aliphatic heterocycles. The second-order valence-corrected chi connectivity index (χ2v) is 6.40. The third-order valence-electron chi connectivity index (χ3n) is 5.09. The number of fused-ring (bicyclic) bond motifs is 1. The van der Waals surface area contributed by atoms with Crippen molar-refractivity contribution >= 4 is 22.9 Å². The van der Waals surface area contributed by atoms with Gasteiger partial charge in [0.2, 0.25) is 5.95 Å². The molecule has 124 valence electrons. The van der Waals surface area contributed by atoms with E-state index in [2.05, 4.69) is 24.4 Å². The van der Waals surface area contributed by atoms with Gasteiger partial charge in [0.05, 0.1) is 19.5 Å². The highest BCUT2D eigenvalue weighted by atomic mass is 16.5. The molecule has 2 aromatic rings. The van der Waals surface area contributed by atoms with Gasteiger partial charge < -0.3 is 20.8 Å². The van der Waals surface area contributed by atoms with Crippen molar-refractivity contribution in [2.45, 2.75) is 37.8 Å². The first-order valence-electron chi connectivity index (χ1n) is 8.29. The Bertz CT molecular complexity index is 686. The average molecular weight is 317 g/mol. The van der Waals surface area contributed by atoms with Crippen LogP contribution in [0.15, 0.2) is 6.33 Å². The minimum Gasteiger partial charge on any atom is -0.382 e. The molecule has 1 aliphatic carbocycles. The molecule has 23 heavy (non-hydrogen) atoms. The quantitative estimate of drug-likeness (QED) is 0.843. The number of nitrogens with two attached hydrogens (primary N) is 2. The largest absolute Gasteiger partial charge is 0.382 e. The maximum atomic E-state index is 5.89. The molecule has 4 N–H and O–H groups in total. The van der Waals surface area contributed by atoms with Crippen LogP contribution in [0.1, 0.15) is 31.7 Å². The maximum Gasteiger partial charge on any atom is 0.224 e. The van der Waals surface area contributed by atoms with Crippen LogP contribution in [0.2, 0.25) is 0 Å². The minimum absolute atomic E-state index is 0.207. The molecular weight excluding hydrogens is 294 g/mol. The van der Waals surface area contributed by atoms with Gasteiger partial charge >= 0.3 is 0 Å². The molecule has 0 spiro atoms. The number of hydrogen-bond acceptors (Lipinski definition) is 7. The van der Waals surface area contributed by atoms with Gasteiger partial charge in [-0.3, -0.25) is 4.90 Å². The van der Waals surface area contributed by atoms with E-state index in [-0.39, 0.29) is 5.95 Å². The third kappa shape index (κ3) is 2.72. The van der Waals surface area contributed by atoms with Crippen LogP contribution in [0.25, 0.3) is 11.2 Å². The van der Waals surface area contributed by atoms with Crippen LogP contribution in [0.3, 0.4) is 0 Å². The smallest absolute Gasteiger partial charge is 0.224 e. The number of hydrogen-bond donors (Lipinski definition) is 2. The summed E-state index contributed by atoms with van der Waals surface area (Å²) >= 11 is 0. The highest BCUT2D eigenvalue weighted by Crippen LogP contribution is 2.33. The Labute approximate surface area is 134 Å². The molecule has 3 heterocycles. The van der Waals surface area contributed by atoms with Crippen molar-refractivity contribution in [1.82, 2.24) is 24.4 Å². The van der Waals surface area contributed by atoms with Gasteiger partial charge in [0, 0.05) is 25.2 Å². The lowest BCUT2D eigenvalue weighted by Crippen LogP contribution is -2.45. The highest BCUT2D eigenvalue weighted by Gasteiger charge is 2.28. The van der Waals surface area contributed by atoms with Crippen LogP contribution in [-0.4, -0.2) is 56.8 Å². The molecule has 2 fully saturated rings. The molecule has 0 atom stereocenters. The molecule has 0 unspecified atom stereocenters. The third-order valence-corrected chi connectivity index (χ3v) is 5.09. The number of anilines is 2. The van der Waals surface area contributed by atoms with E-state index < -0.39 is 0 Å². The first kappa shape index (κ1) is 14.6. The zero-order valence-corrected chi connectivity index (χ0v) is 13.2. The first-order valence-corrected chi connectivity index (χ1v) is 8.29. The van der Waals surface area contributed by atoms with Gasteiger partial charge in [0.1, 0.15) is 5.52 Å². The number of aromatic nitrogens is 4. The Balaban J connectivity index is 1.50. The van der Waals surface area contributed by atoms with Crippen molar-refractivity contribution in [3.63, 3.8) is 0 Å². The van der Waals surface area contributed by atoms with Crippen LogP contribution >= 0.6 is 0 Å². The summed E-state index contributed by atoms with van der Waals surface area (Å²) in [5.74, 6) is 0.562. The van der Waals surface area contributed by atoms with E-state index in [1.54, 1.807) is 0 Å². The molecule has 8 heteroatoms. The Kier molecular flexibility index (Phi) is 3.78. The summed E-state index contributed by atoms with van der Waals surface area (Å²) in [6, 6.07) is 1.08. The number of morpholine rings is 1. The minimum atomic E-state index is 0.207. The van der Waals surface area contributed by atoms with Crippen molar-refractivity contribution in [2.75, 3.05) is 37.8 Å². The van der Waals surface area contributed by atoms with E-state index in [0.717, 1.165) is 44.8 Å². The van der Waals surface area contributed by atoms with Gasteiger partial charge in [-0.15, -0.1) is 0 Å². The lowest BCUT2D eigenvalue weighted by atomic mass is 9.90. The fourth-order valence-corrected chi connectivity index (χ4v) is 3.87. The predicted molar refractivity (Wildman–Crippen MR) is 87.8 cm³/mol. The second-order valence-electron chi connectivity index (χ2n) is 6.40. The molecule has 0 radical (unpaired) electrons. The fourth-order valence-electron chi connectivity index (χ4n) is 3.87. The molecule has 0 bridgehead atoms. The second kappa shape index (κ2) is 5.93. The zero-order valence-electron chi connectivity index (χ0n) is 13.2.